The highest BCUT2D eigenvalue weighted by Gasteiger charge is 2.12. The molecule has 1 unspecified atom stereocenters. The number of nitrogens with zero attached hydrogens (tertiary/aromatic N) is 1. The van der Waals surface area contributed by atoms with Gasteiger partial charge in [-0.3, -0.25) is 4.79 Å². The van der Waals surface area contributed by atoms with Crippen molar-refractivity contribution in [3.63, 3.8) is 0 Å². The first-order chi connectivity index (χ1) is 12.0. The number of aromatic hydroxyl groups is 1. The first-order valence-corrected chi connectivity index (χ1v) is 9.15. The second-order valence-corrected chi connectivity index (χ2v) is 6.62. The van der Waals surface area contributed by atoms with Gasteiger partial charge in [0.05, 0.1) is 5.69 Å². The van der Waals surface area contributed by atoms with Crippen LogP contribution in [0.4, 0.5) is 0 Å². The molecule has 0 saturated heterocycles. The molecule has 0 spiro atoms. The second kappa shape index (κ2) is 9.30. The summed E-state index contributed by atoms with van der Waals surface area (Å²) in [6.07, 6.45) is 6.67. The van der Waals surface area contributed by atoms with Gasteiger partial charge in [0.2, 0.25) is 5.43 Å². The normalized spacial score (nSPS) is 12.1. The number of pyridine rings is 1. The van der Waals surface area contributed by atoms with Crippen LogP contribution >= 0.6 is 0 Å². The number of rotatable bonds is 9. The lowest BCUT2D eigenvalue weighted by Gasteiger charge is -2.20. The number of hydrogen-bond donors (Lipinski definition) is 1. The van der Waals surface area contributed by atoms with E-state index in [2.05, 4.69) is 18.4 Å². The molecule has 4 nitrogen and oxygen atoms in total. The van der Waals surface area contributed by atoms with Crippen molar-refractivity contribution in [3.8, 4) is 11.5 Å². The van der Waals surface area contributed by atoms with Crippen LogP contribution < -0.4 is 10.2 Å². The molecule has 0 aliphatic carbocycles. The third kappa shape index (κ3) is 5.38. The summed E-state index contributed by atoms with van der Waals surface area (Å²) in [7, 11) is 0. The van der Waals surface area contributed by atoms with Crippen molar-refractivity contribution >= 4 is 0 Å². The summed E-state index contributed by atoms with van der Waals surface area (Å²) in [6, 6.07) is 8.42. The van der Waals surface area contributed by atoms with Gasteiger partial charge in [-0.2, -0.15) is 0 Å². The maximum Gasteiger partial charge on any atom is 0.223 e. The molecule has 2 rings (SSSR count). The number of hydrogen-bond acceptors (Lipinski definition) is 3. The number of phenols is 1. The Hall–Kier alpha value is -2.23. The minimum atomic E-state index is -0.0888. The van der Waals surface area contributed by atoms with Crippen LogP contribution in [0, 0.1) is 12.8 Å². The highest BCUT2D eigenvalue weighted by molar-refractivity contribution is 5.29. The van der Waals surface area contributed by atoms with Crippen LogP contribution in [0.15, 0.2) is 41.3 Å². The van der Waals surface area contributed by atoms with Crippen LogP contribution in [0.3, 0.4) is 0 Å². The average Bonchev–Trinajstić information content (AvgIpc) is 2.61. The first kappa shape index (κ1) is 19.1. The molecule has 1 N–H and O–H groups in total. The quantitative estimate of drug-likeness (QED) is 0.720. The van der Waals surface area contributed by atoms with Crippen LogP contribution in [0.5, 0.6) is 11.5 Å². The Morgan fingerprint density at radius 3 is 2.52 bits per heavy atom. The third-order valence-electron chi connectivity index (χ3n) is 4.71. The fourth-order valence-electron chi connectivity index (χ4n) is 2.97. The molecule has 0 aliphatic rings. The van der Waals surface area contributed by atoms with Gasteiger partial charge in [0.1, 0.15) is 12.4 Å². The molecule has 0 saturated carbocycles. The van der Waals surface area contributed by atoms with Crippen molar-refractivity contribution in [2.24, 2.45) is 5.92 Å². The standard InChI is InChI=1S/C21H29NO3/c1-4-6-7-17(5-2)14-22-13-12-20(24)21(16(22)3)25-15-18-8-10-19(23)11-9-18/h8-13,17,23H,4-7,14-15H2,1-3H3. The van der Waals surface area contributed by atoms with Crippen LogP contribution in [0.25, 0.3) is 0 Å². The van der Waals surface area contributed by atoms with Crippen LogP contribution in [0.2, 0.25) is 0 Å². The summed E-state index contributed by atoms with van der Waals surface area (Å²) in [5.41, 5.74) is 1.71. The molecule has 0 amide bonds. The third-order valence-corrected chi connectivity index (χ3v) is 4.71. The minimum Gasteiger partial charge on any atom is -0.508 e. The molecule has 1 atom stereocenters. The smallest absolute Gasteiger partial charge is 0.223 e. The molecule has 0 bridgehead atoms. The van der Waals surface area contributed by atoms with E-state index in [1.807, 2.05) is 13.1 Å². The van der Waals surface area contributed by atoms with Crippen molar-refractivity contribution in [1.82, 2.24) is 4.57 Å². The highest BCUT2D eigenvalue weighted by Crippen LogP contribution is 2.20. The molecule has 1 heterocycles. The zero-order chi connectivity index (χ0) is 18.2. The Morgan fingerprint density at radius 2 is 1.88 bits per heavy atom. The molecule has 1 aromatic carbocycles. The number of unbranched alkanes of at least 4 members (excludes halogenated alkanes) is 1. The van der Waals surface area contributed by atoms with Crippen LogP contribution in [0.1, 0.15) is 50.8 Å². The van der Waals surface area contributed by atoms with Gasteiger partial charge in [-0.1, -0.05) is 45.2 Å². The van der Waals surface area contributed by atoms with Crippen molar-refractivity contribution in [3.05, 3.63) is 58.0 Å². The summed E-state index contributed by atoms with van der Waals surface area (Å²) in [6.45, 7) is 7.61. The second-order valence-electron chi connectivity index (χ2n) is 6.62. The van der Waals surface area contributed by atoms with E-state index >= 15 is 0 Å². The Morgan fingerprint density at radius 1 is 1.16 bits per heavy atom. The van der Waals surface area contributed by atoms with Crippen molar-refractivity contribution < 1.29 is 9.84 Å². The number of phenolic OH excluding ortho intramolecular Hbond substituents is 1. The predicted molar refractivity (Wildman–Crippen MR) is 101 cm³/mol. The molecule has 2 aromatic rings. The molecule has 25 heavy (non-hydrogen) atoms. The van der Waals surface area contributed by atoms with Crippen molar-refractivity contribution in [2.45, 2.75) is 59.6 Å². The molecule has 136 valence electrons. The Balaban J connectivity index is 2.12. The van der Waals surface area contributed by atoms with E-state index in [1.54, 1.807) is 30.3 Å². The minimum absolute atomic E-state index is 0.0888. The van der Waals surface area contributed by atoms with E-state index in [4.69, 9.17) is 4.74 Å². The van der Waals surface area contributed by atoms with Gasteiger partial charge in [-0.25, -0.2) is 0 Å². The van der Waals surface area contributed by atoms with E-state index in [-0.39, 0.29) is 11.2 Å². The first-order valence-electron chi connectivity index (χ1n) is 9.15. The fourth-order valence-corrected chi connectivity index (χ4v) is 2.97. The Kier molecular flexibility index (Phi) is 7.11. The largest absolute Gasteiger partial charge is 0.508 e. The molecule has 0 fully saturated rings. The van der Waals surface area contributed by atoms with E-state index in [9.17, 15) is 9.90 Å². The van der Waals surface area contributed by atoms with Gasteiger partial charge >= 0.3 is 0 Å². The van der Waals surface area contributed by atoms with Crippen molar-refractivity contribution in [2.75, 3.05) is 0 Å². The maximum atomic E-state index is 12.2. The summed E-state index contributed by atoms with van der Waals surface area (Å²) in [5.74, 6) is 1.26. The summed E-state index contributed by atoms with van der Waals surface area (Å²) >= 11 is 0. The fraction of sp³-hybridized carbons (Fsp3) is 0.476. The van der Waals surface area contributed by atoms with E-state index in [0.29, 0.717) is 18.3 Å². The van der Waals surface area contributed by atoms with Gasteiger partial charge in [-0.15, -0.1) is 0 Å². The lowest BCUT2D eigenvalue weighted by molar-refractivity contribution is 0.293. The van der Waals surface area contributed by atoms with E-state index in [0.717, 1.165) is 24.2 Å². The lowest BCUT2D eigenvalue weighted by atomic mass is 9.99. The van der Waals surface area contributed by atoms with E-state index in [1.165, 1.54) is 19.3 Å². The number of ether oxygens (including phenoxy) is 1. The molecule has 1 aromatic heterocycles. The Bertz CT molecular complexity index is 719. The lowest BCUT2D eigenvalue weighted by Crippen LogP contribution is -2.18. The summed E-state index contributed by atoms with van der Waals surface area (Å²) in [4.78, 5) is 12.2. The van der Waals surface area contributed by atoms with Gasteiger partial charge in [0.15, 0.2) is 5.75 Å². The Labute approximate surface area is 150 Å². The summed E-state index contributed by atoms with van der Waals surface area (Å²) < 4.78 is 7.95. The molecular formula is C21H29NO3. The zero-order valence-corrected chi connectivity index (χ0v) is 15.5. The van der Waals surface area contributed by atoms with Crippen molar-refractivity contribution in [1.29, 1.82) is 0 Å². The van der Waals surface area contributed by atoms with Gasteiger partial charge in [0.25, 0.3) is 0 Å². The van der Waals surface area contributed by atoms with Gasteiger partial charge in [-0.05, 0) is 37.0 Å². The maximum absolute atomic E-state index is 12.2. The van der Waals surface area contributed by atoms with E-state index < -0.39 is 0 Å². The predicted octanol–water partition coefficient (Wildman–Crippen LogP) is 4.66. The molecule has 4 heteroatoms. The number of aromatic nitrogens is 1. The molecule has 0 radical (unpaired) electrons. The van der Waals surface area contributed by atoms with Gasteiger partial charge in [0, 0.05) is 18.8 Å². The molecule has 0 aliphatic heterocycles. The number of benzene rings is 1. The average molecular weight is 343 g/mol. The highest BCUT2D eigenvalue weighted by atomic mass is 16.5. The topological polar surface area (TPSA) is 51.5 Å². The zero-order valence-electron chi connectivity index (χ0n) is 15.5. The van der Waals surface area contributed by atoms with Crippen LogP contribution in [-0.2, 0) is 13.2 Å². The van der Waals surface area contributed by atoms with Gasteiger partial charge < -0.3 is 14.4 Å². The SMILES string of the molecule is CCCCC(CC)Cn1ccc(=O)c(OCc2ccc(O)cc2)c1C. The molecular weight excluding hydrogens is 314 g/mol. The monoisotopic (exact) mass is 343 g/mol. The summed E-state index contributed by atoms with van der Waals surface area (Å²) in [5, 5.41) is 9.34. The van der Waals surface area contributed by atoms with Crippen LogP contribution in [-0.4, -0.2) is 9.67 Å².